The molecule has 6 heteroatoms. The van der Waals surface area contributed by atoms with Crippen LogP contribution in [0.15, 0.2) is 18.2 Å². The van der Waals surface area contributed by atoms with Gasteiger partial charge in [0, 0.05) is 6.07 Å². The number of nitro groups is 1. The van der Waals surface area contributed by atoms with Crippen molar-refractivity contribution in [3.8, 4) is 0 Å². The number of amides is 1. The highest BCUT2D eigenvalue weighted by atomic mass is 16.6. The minimum Gasteiger partial charge on any atom is -0.319 e. The van der Waals surface area contributed by atoms with Gasteiger partial charge in [0.1, 0.15) is 5.69 Å². The molecule has 0 spiro atoms. The Morgan fingerprint density at radius 2 is 2.26 bits per heavy atom. The first-order chi connectivity index (χ1) is 8.99. The van der Waals surface area contributed by atoms with Crippen molar-refractivity contribution >= 4 is 17.3 Å². The second-order valence-corrected chi connectivity index (χ2v) is 4.96. The first-order valence-electron chi connectivity index (χ1n) is 6.28. The molecule has 1 saturated heterocycles. The van der Waals surface area contributed by atoms with Crippen LogP contribution in [-0.2, 0) is 4.79 Å². The molecule has 2 unspecified atom stereocenters. The van der Waals surface area contributed by atoms with Crippen molar-refractivity contribution in [1.82, 2.24) is 5.32 Å². The van der Waals surface area contributed by atoms with Gasteiger partial charge in [0.25, 0.3) is 5.69 Å². The summed E-state index contributed by atoms with van der Waals surface area (Å²) in [7, 11) is 0. The van der Waals surface area contributed by atoms with Crippen molar-refractivity contribution in [3.63, 3.8) is 0 Å². The van der Waals surface area contributed by atoms with Crippen LogP contribution in [0.1, 0.15) is 18.9 Å². The number of hydrogen-bond acceptors (Lipinski definition) is 4. The first kappa shape index (κ1) is 13.5. The van der Waals surface area contributed by atoms with Crippen molar-refractivity contribution in [2.45, 2.75) is 26.3 Å². The molecule has 0 bridgehead atoms. The van der Waals surface area contributed by atoms with Gasteiger partial charge >= 0.3 is 0 Å². The molecule has 102 valence electrons. The van der Waals surface area contributed by atoms with Crippen LogP contribution in [0.5, 0.6) is 0 Å². The van der Waals surface area contributed by atoms with E-state index in [1.54, 1.807) is 19.1 Å². The molecule has 1 aliphatic rings. The van der Waals surface area contributed by atoms with Crippen molar-refractivity contribution in [3.05, 3.63) is 33.9 Å². The summed E-state index contributed by atoms with van der Waals surface area (Å²) < 4.78 is 0. The van der Waals surface area contributed by atoms with Gasteiger partial charge in [-0.05, 0) is 37.4 Å². The lowest BCUT2D eigenvalue weighted by atomic mass is 10.0. The monoisotopic (exact) mass is 263 g/mol. The number of carbonyl (C=O) groups excluding carboxylic acids is 1. The molecule has 0 aromatic heterocycles. The van der Waals surface area contributed by atoms with Gasteiger partial charge in [-0.1, -0.05) is 13.0 Å². The van der Waals surface area contributed by atoms with Gasteiger partial charge in [-0.2, -0.15) is 0 Å². The number of aryl methyl sites for hydroxylation is 1. The van der Waals surface area contributed by atoms with Crippen LogP contribution >= 0.6 is 0 Å². The number of nitro benzene ring substituents is 1. The van der Waals surface area contributed by atoms with E-state index in [0.29, 0.717) is 0 Å². The summed E-state index contributed by atoms with van der Waals surface area (Å²) in [6.45, 7) is 4.57. The summed E-state index contributed by atoms with van der Waals surface area (Å²) in [4.78, 5) is 22.6. The van der Waals surface area contributed by atoms with Gasteiger partial charge in [-0.15, -0.1) is 0 Å². The number of anilines is 1. The Labute approximate surface area is 111 Å². The average molecular weight is 263 g/mol. The van der Waals surface area contributed by atoms with Crippen LogP contribution in [0, 0.1) is 23.0 Å². The molecular weight excluding hydrogens is 246 g/mol. The number of nitrogens with zero attached hydrogens (tertiary/aromatic N) is 1. The van der Waals surface area contributed by atoms with Crippen molar-refractivity contribution < 1.29 is 9.72 Å². The Morgan fingerprint density at radius 1 is 1.53 bits per heavy atom. The molecule has 1 aromatic rings. The number of hydrogen-bond donors (Lipinski definition) is 2. The van der Waals surface area contributed by atoms with Crippen molar-refractivity contribution in [2.24, 2.45) is 5.92 Å². The fourth-order valence-electron chi connectivity index (χ4n) is 2.29. The third-order valence-corrected chi connectivity index (χ3v) is 3.42. The normalized spacial score (nSPS) is 22.2. The summed E-state index contributed by atoms with van der Waals surface area (Å²) in [6.07, 6.45) is 0.939. The van der Waals surface area contributed by atoms with Gasteiger partial charge in [0.05, 0.1) is 11.0 Å². The second-order valence-electron chi connectivity index (χ2n) is 4.96. The molecule has 1 aliphatic heterocycles. The Kier molecular flexibility index (Phi) is 3.80. The Hall–Kier alpha value is -1.95. The maximum Gasteiger partial charge on any atom is 0.293 e. The molecule has 1 amide bonds. The zero-order valence-electron chi connectivity index (χ0n) is 11.0. The molecule has 2 atom stereocenters. The van der Waals surface area contributed by atoms with E-state index in [9.17, 15) is 14.9 Å². The zero-order valence-corrected chi connectivity index (χ0v) is 11.0. The molecule has 6 nitrogen and oxygen atoms in total. The van der Waals surface area contributed by atoms with E-state index in [1.165, 1.54) is 6.07 Å². The van der Waals surface area contributed by atoms with E-state index in [1.807, 2.05) is 6.92 Å². The summed E-state index contributed by atoms with van der Waals surface area (Å²) in [5.74, 6) is 0.0291. The van der Waals surface area contributed by atoms with E-state index < -0.39 is 4.92 Å². The Morgan fingerprint density at radius 3 is 2.84 bits per heavy atom. The largest absolute Gasteiger partial charge is 0.319 e. The van der Waals surface area contributed by atoms with E-state index in [-0.39, 0.29) is 29.2 Å². The predicted octanol–water partition coefficient (Wildman–Crippen LogP) is 1.84. The highest BCUT2D eigenvalue weighted by Gasteiger charge is 2.30. The van der Waals surface area contributed by atoms with Crippen LogP contribution in [0.4, 0.5) is 11.4 Å². The SMILES string of the molecule is Cc1ccc(NC(=O)C2NCCC2C)c([N+](=O)[O-])c1. The minimum atomic E-state index is -0.478. The van der Waals surface area contributed by atoms with Gasteiger partial charge in [-0.3, -0.25) is 14.9 Å². The fourth-order valence-corrected chi connectivity index (χ4v) is 2.29. The van der Waals surface area contributed by atoms with Crippen LogP contribution in [-0.4, -0.2) is 23.4 Å². The summed E-state index contributed by atoms with van der Waals surface area (Å²) >= 11 is 0. The molecule has 2 rings (SSSR count). The number of rotatable bonds is 3. The second kappa shape index (κ2) is 5.36. The van der Waals surface area contributed by atoms with E-state index in [0.717, 1.165) is 18.5 Å². The molecule has 0 saturated carbocycles. The summed E-state index contributed by atoms with van der Waals surface area (Å²) in [6, 6.07) is 4.50. The van der Waals surface area contributed by atoms with E-state index >= 15 is 0 Å². The van der Waals surface area contributed by atoms with Gasteiger partial charge in [0.2, 0.25) is 5.91 Å². The lowest BCUT2D eigenvalue weighted by Gasteiger charge is -2.15. The van der Waals surface area contributed by atoms with Crippen molar-refractivity contribution in [2.75, 3.05) is 11.9 Å². The van der Waals surface area contributed by atoms with Crippen LogP contribution in [0.3, 0.4) is 0 Å². The van der Waals surface area contributed by atoms with Crippen molar-refractivity contribution in [1.29, 1.82) is 0 Å². The van der Waals surface area contributed by atoms with E-state index in [2.05, 4.69) is 10.6 Å². The van der Waals surface area contributed by atoms with E-state index in [4.69, 9.17) is 0 Å². The molecule has 19 heavy (non-hydrogen) atoms. The molecule has 0 radical (unpaired) electrons. The Bertz CT molecular complexity index is 516. The average Bonchev–Trinajstić information content (AvgIpc) is 2.77. The fraction of sp³-hybridized carbons (Fsp3) is 0.462. The molecule has 1 aromatic carbocycles. The highest BCUT2D eigenvalue weighted by Crippen LogP contribution is 2.26. The topological polar surface area (TPSA) is 84.3 Å². The molecule has 2 N–H and O–H groups in total. The quantitative estimate of drug-likeness (QED) is 0.643. The predicted molar refractivity (Wildman–Crippen MR) is 72.0 cm³/mol. The summed E-state index contributed by atoms with van der Waals surface area (Å²) in [5.41, 5.74) is 0.970. The third-order valence-electron chi connectivity index (χ3n) is 3.42. The van der Waals surface area contributed by atoms with Crippen LogP contribution in [0.2, 0.25) is 0 Å². The third kappa shape index (κ3) is 2.90. The smallest absolute Gasteiger partial charge is 0.293 e. The molecular formula is C13H17N3O3. The zero-order chi connectivity index (χ0) is 14.0. The van der Waals surface area contributed by atoms with Crippen LogP contribution in [0.25, 0.3) is 0 Å². The lowest BCUT2D eigenvalue weighted by molar-refractivity contribution is -0.384. The molecule has 1 heterocycles. The lowest BCUT2D eigenvalue weighted by Crippen LogP contribution is -2.39. The maximum atomic E-state index is 12.1. The molecule has 0 aliphatic carbocycles. The standard InChI is InChI=1S/C13H17N3O3/c1-8-3-4-10(11(7-8)16(18)19)15-13(17)12-9(2)5-6-14-12/h3-4,7,9,12,14H,5-6H2,1-2H3,(H,15,17). The van der Waals surface area contributed by atoms with Gasteiger partial charge in [-0.25, -0.2) is 0 Å². The minimum absolute atomic E-state index is 0.0704. The number of carbonyl (C=O) groups is 1. The van der Waals surface area contributed by atoms with Crippen LogP contribution < -0.4 is 10.6 Å². The highest BCUT2D eigenvalue weighted by molar-refractivity contribution is 5.97. The molecule has 1 fully saturated rings. The number of nitrogens with one attached hydrogen (secondary N) is 2. The first-order valence-corrected chi connectivity index (χ1v) is 6.28. The number of benzene rings is 1. The van der Waals surface area contributed by atoms with Gasteiger partial charge in [0.15, 0.2) is 0 Å². The maximum absolute atomic E-state index is 12.1. The Balaban J connectivity index is 2.19. The summed E-state index contributed by atoms with van der Waals surface area (Å²) in [5, 5.41) is 16.7. The van der Waals surface area contributed by atoms with Gasteiger partial charge < -0.3 is 10.6 Å².